The molecule has 0 aromatic heterocycles. The Kier molecular flexibility index (Phi) is 4.83. The highest BCUT2D eigenvalue weighted by Gasteiger charge is 2.19. The van der Waals surface area contributed by atoms with E-state index in [1.165, 1.54) is 12.8 Å². The van der Waals surface area contributed by atoms with E-state index >= 15 is 0 Å². The number of carbonyl (C=O) groups is 1. The van der Waals surface area contributed by atoms with Gasteiger partial charge in [-0.3, -0.25) is 4.79 Å². The van der Waals surface area contributed by atoms with E-state index in [0.717, 1.165) is 32.0 Å². The maximum atomic E-state index is 11.0. The monoisotopic (exact) mass is 184 g/mol. The van der Waals surface area contributed by atoms with Crippen LogP contribution in [0.1, 0.15) is 39.0 Å². The topological polar surface area (TPSA) is 41.1 Å². The molecule has 2 N–H and O–H groups in total. The van der Waals surface area contributed by atoms with Crippen LogP contribution < -0.4 is 10.6 Å². The van der Waals surface area contributed by atoms with Crippen LogP contribution in [0.5, 0.6) is 0 Å². The summed E-state index contributed by atoms with van der Waals surface area (Å²) < 4.78 is 0. The highest BCUT2D eigenvalue weighted by atomic mass is 16.1. The summed E-state index contributed by atoms with van der Waals surface area (Å²) in [6.07, 6.45) is 5.32. The molecular weight excluding hydrogens is 164 g/mol. The van der Waals surface area contributed by atoms with Crippen LogP contribution in [0.15, 0.2) is 0 Å². The van der Waals surface area contributed by atoms with Gasteiger partial charge in [0.25, 0.3) is 0 Å². The molecule has 0 radical (unpaired) electrons. The average Bonchev–Trinajstić information content (AvgIpc) is 2.88. The van der Waals surface area contributed by atoms with Crippen molar-refractivity contribution in [3.63, 3.8) is 0 Å². The van der Waals surface area contributed by atoms with Gasteiger partial charge in [0.2, 0.25) is 5.91 Å². The maximum Gasteiger partial charge on any atom is 0.219 e. The molecular formula is C10H20N2O. The van der Waals surface area contributed by atoms with Gasteiger partial charge in [-0.2, -0.15) is 0 Å². The van der Waals surface area contributed by atoms with Crippen LogP contribution in [0, 0.1) is 0 Å². The van der Waals surface area contributed by atoms with Crippen LogP contribution in [0.4, 0.5) is 0 Å². The van der Waals surface area contributed by atoms with Gasteiger partial charge in [0.15, 0.2) is 0 Å². The van der Waals surface area contributed by atoms with Crippen molar-refractivity contribution in [3.8, 4) is 0 Å². The Labute approximate surface area is 80.3 Å². The molecule has 0 aromatic carbocycles. The zero-order valence-corrected chi connectivity index (χ0v) is 8.44. The first kappa shape index (κ1) is 10.5. The molecule has 0 unspecified atom stereocenters. The number of hydrogen-bond donors (Lipinski definition) is 2. The first-order valence-corrected chi connectivity index (χ1v) is 5.33. The van der Waals surface area contributed by atoms with Crippen LogP contribution in [0.25, 0.3) is 0 Å². The molecule has 13 heavy (non-hydrogen) atoms. The van der Waals surface area contributed by atoms with Gasteiger partial charge in [0, 0.05) is 19.0 Å². The van der Waals surface area contributed by atoms with Crippen LogP contribution in [0.3, 0.4) is 0 Å². The lowest BCUT2D eigenvalue weighted by Gasteiger charge is -2.04. The third-order valence-electron chi connectivity index (χ3n) is 2.16. The smallest absolute Gasteiger partial charge is 0.219 e. The van der Waals surface area contributed by atoms with Gasteiger partial charge in [0.1, 0.15) is 0 Å². The molecule has 0 bridgehead atoms. The maximum absolute atomic E-state index is 11.0. The van der Waals surface area contributed by atoms with Crippen molar-refractivity contribution in [3.05, 3.63) is 0 Å². The van der Waals surface area contributed by atoms with Crippen molar-refractivity contribution in [2.24, 2.45) is 0 Å². The van der Waals surface area contributed by atoms with E-state index in [2.05, 4.69) is 10.6 Å². The summed E-state index contributed by atoms with van der Waals surface area (Å²) in [5, 5.41) is 6.31. The molecule has 3 nitrogen and oxygen atoms in total. The molecule has 76 valence electrons. The summed E-state index contributed by atoms with van der Waals surface area (Å²) in [5.41, 5.74) is 0. The standard InChI is InChI=1S/C10H20N2O/c1-2-4-10(13)12-8-3-7-11-9-5-6-9/h9,11H,2-8H2,1H3,(H,12,13). The Balaban J connectivity index is 1.79. The first-order chi connectivity index (χ1) is 6.33. The summed E-state index contributed by atoms with van der Waals surface area (Å²) >= 11 is 0. The average molecular weight is 184 g/mol. The second-order valence-electron chi connectivity index (χ2n) is 3.68. The third-order valence-corrected chi connectivity index (χ3v) is 2.16. The van der Waals surface area contributed by atoms with E-state index < -0.39 is 0 Å². The van der Waals surface area contributed by atoms with Gasteiger partial charge in [0.05, 0.1) is 0 Å². The summed E-state index contributed by atoms with van der Waals surface area (Å²) in [6, 6.07) is 0.784. The molecule has 0 heterocycles. The summed E-state index contributed by atoms with van der Waals surface area (Å²) in [4.78, 5) is 11.0. The van der Waals surface area contributed by atoms with Gasteiger partial charge < -0.3 is 10.6 Å². The van der Waals surface area contributed by atoms with Crippen molar-refractivity contribution in [1.29, 1.82) is 0 Å². The predicted molar refractivity (Wildman–Crippen MR) is 53.6 cm³/mol. The second-order valence-corrected chi connectivity index (χ2v) is 3.68. The summed E-state index contributed by atoms with van der Waals surface area (Å²) in [6.45, 7) is 3.88. The van der Waals surface area contributed by atoms with Crippen molar-refractivity contribution in [2.75, 3.05) is 13.1 Å². The Hall–Kier alpha value is -0.570. The molecule has 1 fully saturated rings. The number of rotatable bonds is 7. The highest BCUT2D eigenvalue weighted by Crippen LogP contribution is 2.18. The molecule has 1 aliphatic carbocycles. The van der Waals surface area contributed by atoms with Crippen LogP contribution in [-0.4, -0.2) is 25.0 Å². The highest BCUT2D eigenvalue weighted by molar-refractivity contribution is 5.75. The number of nitrogens with one attached hydrogen (secondary N) is 2. The van der Waals surface area contributed by atoms with E-state index in [0.29, 0.717) is 6.42 Å². The van der Waals surface area contributed by atoms with Gasteiger partial charge in [-0.25, -0.2) is 0 Å². The number of carbonyl (C=O) groups excluding carboxylic acids is 1. The second kappa shape index (κ2) is 5.97. The fourth-order valence-electron chi connectivity index (χ4n) is 1.23. The predicted octanol–water partition coefficient (Wildman–Crippen LogP) is 1.04. The molecule has 1 saturated carbocycles. The molecule has 0 aliphatic heterocycles. The molecule has 1 amide bonds. The molecule has 1 aliphatic rings. The molecule has 0 aromatic rings. The van der Waals surface area contributed by atoms with Gasteiger partial charge in [-0.15, -0.1) is 0 Å². The SMILES string of the molecule is CCCC(=O)NCCCNC1CC1. The first-order valence-electron chi connectivity index (χ1n) is 5.33. The molecule has 0 spiro atoms. The van der Waals surface area contributed by atoms with E-state index in [1.807, 2.05) is 6.92 Å². The summed E-state index contributed by atoms with van der Waals surface area (Å²) in [7, 11) is 0. The Bertz CT molecular complexity index is 155. The van der Waals surface area contributed by atoms with Crippen molar-refractivity contribution < 1.29 is 4.79 Å². The molecule has 0 saturated heterocycles. The van der Waals surface area contributed by atoms with Gasteiger partial charge >= 0.3 is 0 Å². The minimum atomic E-state index is 0.189. The number of amides is 1. The fraction of sp³-hybridized carbons (Fsp3) is 0.900. The van der Waals surface area contributed by atoms with Gasteiger partial charge in [-0.1, -0.05) is 6.92 Å². The van der Waals surface area contributed by atoms with Gasteiger partial charge in [-0.05, 0) is 32.2 Å². The van der Waals surface area contributed by atoms with Crippen molar-refractivity contribution >= 4 is 5.91 Å². The molecule has 1 rings (SSSR count). The third kappa shape index (κ3) is 5.64. The quantitative estimate of drug-likeness (QED) is 0.581. The molecule has 0 atom stereocenters. The largest absolute Gasteiger partial charge is 0.356 e. The van der Waals surface area contributed by atoms with E-state index in [-0.39, 0.29) is 5.91 Å². The normalized spacial score (nSPS) is 15.8. The van der Waals surface area contributed by atoms with Crippen LogP contribution >= 0.6 is 0 Å². The lowest BCUT2D eigenvalue weighted by Crippen LogP contribution is -2.27. The van der Waals surface area contributed by atoms with E-state index in [1.54, 1.807) is 0 Å². The minimum Gasteiger partial charge on any atom is -0.356 e. The summed E-state index contributed by atoms with van der Waals surface area (Å²) in [5.74, 6) is 0.189. The lowest BCUT2D eigenvalue weighted by atomic mass is 10.3. The minimum absolute atomic E-state index is 0.189. The Morgan fingerprint density at radius 2 is 2.15 bits per heavy atom. The molecule has 3 heteroatoms. The van der Waals surface area contributed by atoms with Crippen molar-refractivity contribution in [2.45, 2.75) is 45.1 Å². The van der Waals surface area contributed by atoms with E-state index in [4.69, 9.17) is 0 Å². The Morgan fingerprint density at radius 3 is 2.77 bits per heavy atom. The fourth-order valence-corrected chi connectivity index (χ4v) is 1.23. The van der Waals surface area contributed by atoms with Crippen LogP contribution in [-0.2, 0) is 4.79 Å². The Morgan fingerprint density at radius 1 is 1.38 bits per heavy atom. The zero-order valence-electron chi connectivity index (χ0n) is 8.44. The van der Waals surface area contributed by atoms with E-state index in [9.17, 15) is 4.79 Å². The zero-order chi connectivity index (χ0) is 9.52. The van der Waals surface area contributed by atoms with Crippen LogP contribution in [0.2, 0.25) is 0 Å². The number of hydrogen-bond acceptors (Lipinski definition) is 2. The van der Waals surface area contributed by atoms with Crippen molar-refractivity contribution in [1.82, 2.24) is 10.6 Å². The lowest BCUT2D eigenvalue weighted by molar-refractivity contribution is -0.121.